The van der Waals surface area contributed by atoms with Crippen molar-refractivity contribution in [3.8, 4) is 0 Å². The fraction of sp³-hybridized carbons (Fsp3) is 0. The van der Waals surface area contributed by atoms with Crippen molar-refractivity contribution in [2.75, 3.05) is 0 Å². The summed E-state index contributed by atoms with van der Waals surface area (Å²) in [6.07, 6.45) is 0. The minimum absolute atomic E-state index is 1.14. The van der Waals surface area contributed by atoms with Gasteiger partial charge in [0.05, 0.1) is 11.1 Å². The Morgan fingerprint density at radius 2 is 1.06 bits per heavy atom. The average molecular weight is 266 g/mol. The van der Waals surface area contributed by atoms with Gasteiger partial charge in [-0.1, -0.05) is 10.3 Å². The molecule has 18 heavy (non-hydrogen) atoms. The molecule has 1 rings (SSSR count). The van der Waals surface area contributed by atoms with Crippen LogP contribution in [-0.2, 0) is 0 Å². The molecular weight excluding hydrogens is 260 g/mol. The highest BCUT2D eigenvalue weighted by atomic mass is 19.2. The predicted octanol–water partition coefficient (Wildman–Crippen LogP) is 0.432. The summed E-state index contributed by atoms with van der Waals surface area (Å²) in [5.74, 6) is -10.2. The lowest BCUT2D eigenvalue weighted by molar-refractivity contribution is 0.317. The molecule has 0 aliphatic carbocycles. The number of hydrogen-bond donors (Lipinski definition) is 4. The number of oxime groups is 2. The molecule has 0 heterocycles. The van der Waals surface area contributed by atoms with Crippen LogP contribution in [0.25, 0.3) is 0 Å². The summed E-state index contributed by atoms with van der Waals surface area (Å²) < 4.78 is 53.3. The molecule has 1 aromatic rings. The van der Waals surface area contributed by atoms with Gasteiger partial charge in [0.1, 0.15) is 0 Å². The Kier molecular flexibility index (Phi) is 3.59. The molecular formula is C8H6F4N4O2. The third-order valence-corrected chi connectivity index (χ3v) is 1.99. The summed E-state index contributed by atoms with van der Waals surface area (Å²) in [5, 5.41) is 21.1. The van der Waals surface area contributed by atoms with Crippen molar-refractivity contribution in [3.05, 3.63) is 34.4 Å². The van der Waals surface area contributed by atoms with Gasteiger partial charge in [0.2, 0.25) is 0 Å². The van der Waals surface area contributed by atoms with Gasteiger partial charge in [0.15, 0.2) is 34.9 Å². The first-order valence-electron chi connectivity index (χ1n) is 4.18. The molecule has 0 fully saturated rings. The molecule has 6 N–H and O–H groups in total. The molecule has 0 amide bonds. The van der Waals surface area contributed by atoms with Crippen LogP contribution in [0, 0.1) is 23.3 Å². The minimum atomic E-state index is -2.11. The van der Waals surface area contributed by atoms with Crippen molar-refractivity contribution >= 4 is 11.7 Å². The molecule has 0 aromatic heterocycles. The second kappa shape index (κ2) is 4.77. The number of nitrogens with two attached hydrogens (primary N) is 2. The van der Waals surface area contributed by atoms with Gasteiger partial charge in [-0.15, -0.1) is 0 Å². The lowest BCUT2D eigenvalue weighted by Gasteiger charge is -2.10. The molecule has 0 bridgehead atoms. The summed E-state index contributed by atoms with van der Waals surface area (Å²) in [5.41, 5.74) is 7.16. The summed E-state index contributed by atoms with van der Waals surface area (Å²) in [7, 11) is 0. The zero-order valence-corrected chi connectivity index (χ0v) is 8.46. The van der Waals surface area contributed by atoms with E-state index in [1.165, 1.54) is 0 Å². The molecule has 0 saturated heterocycles. The van der Waals surface area contributed by atoms with Crippen LogP contribution >= 0.6 is 0 Å². The number of amidine groups is 2. The molecule has 0 aliphatic rings. The largest absolute Gasteiger partial charge is 0.409 e. The molecule has 10 heteroatoms. The highest BCUT2D eigenvalue weighted by Crippen LogP contribution is 2.24. The molecule has 0 unspecified atom stereocenters. The lowest BCUT2D eigenvalue weighted by atomic mass is 10.1. The number of nitrogens with zero attached hydrogens (tertiary/aromatic N) is 2. The fourth-order valence-electron chi connectivity index (χ4n) is 1.18. The first-order chi connectivity index (χ1) is 8.36. The summed E-state index contributed by atoms with van der Waals surface area (Å²) >= 11 is 0. The molecule has 6 nitrogen and oxygen atoms in total. The molecule has 1 aromatic carbocycles. The van der Waals surface area contributed by atoms with Gasteiger partial charge >= 0.3 is 0 Å². The van der Waals surface area contributed by atoms with Crippen LogP contribution in [0.4, 0.5) is 17.6 Å². The average Bonchev–Trinajstić information content (AvgIpc) is 2.35. The van der Waals surface area contributed by atoms with Gasteiger partial charge in [0.25, 0.3) is 0 Å². The van der Waals surface area contributed by atoms with E-state index in [1.54, 1.807) is 0 Å². The van der Waals surface area contributed by atoms with E-state index in [9.17, 15) is 17.6 Å². The SMILES string of the molecule is NC(=NO)c1c(F)c(F)c(F)c(C(N)=NO)c1F. The van der Waals surface area contributed by atoms with E-state index in [4.69, 9.17) is 21.9 Å². The molecule has 0 saturated carbocycles. The van der Waals surface area contributed by atoms with E-state index in [1.807, 2.05) is 0 Å². The van der Waals surface area contributed by atoms with Crippen LogP contribution in [0.1, 0.15) is 11.1 Å². The van der Waals surface area contributed by atoms with Gasteiger partial charge < -0.3 is 21.9 Å². The highest BCUT2D eigenvalue weighted by molar-refractivity contribution is 6.03. The van der Waals surface area contributed by atoms with Gasteiger partial charge in [-0.3, -0.25) is 0 Å². The van der Waals surface area contributed by atoms with Crippen molar-refractivity contribution in [2.45, 2.75) is 0 Å². The second-order valence-corrected chi connectivity index (χ2v) is 2.98. The lowest BCUT2D eigenvalue weighted by Crippen LogP contribution is -2.25. The maximum absolute atomic E-state index is 13.7. The Balaban J connectivity index is 3.82. The Morgan fingerprint density at radius 1 is 0.722 bits per heavy atom. The van der Waals surface area contributed by atoms with Gasteiger partial charge in [-0.25, -0.2) is 17.6 Å². The Hall–Kier alpha value is -2.52. The van der Waals surface area contributed by atoms with Gasteiger partial charge in [-0.05, 0) is 0 Å². The monoisotopic (exact) mass is 266 g/mol. The van der Waals surface area contributed by atoms with Crippen LogP contribution < -0.4 is 11.5 Å². The van der Waals surface area contributed by atoms with Crippen molar-refractivity contribution in [1.82, 2.24) is 0 Å². The highest BCUT2D eigenvalue weighted by Gasteiger charge is 2.29. The van der Waals surface area contributed by atoms with Crippen LogP contribution in [0.2, 0.25) is 0 Å². The number of rotatable bonds is 2. The van der Waals surface area contributed by atoms with Crippen LogP contribution in [0.5, 0.6) is 0 Å². The second-order valence-electron chi connectivity index (χ2n) is 2.98. The van der Waals surface area contributed by atoms with Gasteiger partial charge in [-0.2, -0.15) is 0 Å². The third-order valence-electron chi connectivity index (χ3n) is 1.99. The predicted molar refractivity (Wildman–Crippen MR) is 51.3 cm³/mol. The zero-order chi connectivity index (χ0) is 14.0. The fourth-order valence-corrected chi connectivity index (χ4v) is 1.18. The number of hydrogen-bond acceptors (Lipinski definition) is 4. The zero-order valence-electron chi connectivity index (χ0n) is 8.46. The first-order valence-corrected chi connectivity index (χ1v) is 4.18. The van der Waals surface area contributed by atoms with Crippen molar-refractivity contribution < 1.29 is 28.0 Å². The van der Waals surface area contributed by atoms with E-state index < -0.39 is 46.1 Å². The number of halogens is 4. The standard InChI is InChI=1S/C8H6F4N4O2/c9-3-1(7(13)15-17)4(10)6(12)5(11)2(3)8(14)16-18/h17-18H,(H2,13,15)(H2,14,16). The summed E-state index contributed by atoms with van der Waals surface area (Å²) in [6, 6.07) is 0. The normalized spacial score (nSPS) is 12.9. The van der Waals surface area contributed by atoms with Gasteiger partial charge in [0, 0.05) is 0 Å². The molecule has 0 atom stereocenters. The Bertz CT molecular complexity index is 514. The molecule has 98 valence electrons. The van der Waals surface area contributed by atoms with Crippen molar-refractivity contribution in [2.24, 2.45) is 21.8 Å². The first kappa shape index (κ1) is 13.5. The topological polar surface area (TPSA) is 117 Å². The minimum Gasteiger partial charge on any atom is -0.409 e. The molecule has 0 spiro atoms. The van der Waals surface area contributed by atoms with Crippen LogP contribution in [0.15, 0.2) is 10.3 Å². The van der Waals surface area contributed by atoms with Crippen LogP contribution in [-0.4, -0.2) is 22.1 Å². The smallest absolute Gasteiger partial charge is 0.196 e. The van der Waals surface area contributed by atoms with E-state index in [2.05, 4.69) is 10.3 Å². The quantitative estimate of drug-likeness (QED) is 0.118. The maximum atomic E-state index is 13.7. The van der Waals surface area contributed by atoms with E-state index in [-0.39, 0.29) is 0 Å². The maximum Gasteiger partial charge on any atom is 0.196 e. The third kappa shape index (κ3) is 1.87. The Morgan fingerprint density at radius 3 is 1.33 bits per heavy atom. The van der Waals surface area contributed by atoms with E-state index in [0.29, 0.717) is 0 Å². The molecule has 0 radical (unpaired) electrons. The van der Waals surface area contributed by atoms with E-state index >= 15 is 0 Å². The van der Waals surface area contributed by atoms with Crippen molar-refractivity contribution in [3.63, 3.8) is 0 Å². The number of benzene rings is 1. The Labute approximate surface area is 96.8 Å². The van der Waals surface area contributed by atoms with Crippen LogP contribution in [0.3, 0.4) is 0 Å². The summed E-state index contributed by atoms with van der Waals surface area (Å²) in [4.78, 5) is 0. The van der Waals surface area contributed by atoms with E-state index in [0.717, 1.165) is 0 Å². The molecule has 0 aliphatic heterocycles. The van der Waals surface area contributed by atoms with Crippen molar-refractivity contribution in [1.29, 1.82) is 0 Å². The summed E-state index contributed by atoms with van der Waals surface area (Å²) in [6.45, 7) is 0.